The minimum atomic E-state index is -1.89. The Bertz CT molecular complexity index is 1590. The number of fused-ring (bicyclic) bond motifs is 7. The van der Waals surface area contributed by atoms with Crippen LogP contribution in [0.2, 0.25) is 0 Å². The lowest BCUT2D eigenvalue weighted by molar-refractivity contribution is -0.297. The second kappa shape index (κ2) is 14.7. The molecule has 9 N–H and O–H groups in total. The summed E-state index contributed by atoms with van der Waals surface area (Å²) in [4.78, 5) is 28.0. The Morgan fingerprint density at radius 3 is 2.07 bits per heavy atom. The van der Waals surface area contributed by atoms with Gasteiger partial charge in [0.1, 0.15) is 48.8 Å². The van der Waals surface area contributed by atoms with Crippen LogP contribution in [0.1, 0.15) is 106 Å². The number of hydrogen-bond acceptors (Lipinski definition) is 15. The smallest absolute Gasteiger partial charge is 0.338 e. The average molecular weight is 811 g/mol. The molecule has 15 nitrogen and oxygen atoms in total. The first-order chi connectivity index (χ1) is 26.5. The molecule has 19 atom stereocenters. The number of aliphatic hydroxyl groups excluding tert-OH is 9. The van der Waals surface area contributed by atoms with E-state index in [9.17, 15) is 55.5 Å². The van der Waals surface area contributed by atoms with E-state index in [-0.39, 0.29) is 46.0 Å². The molecule has 0 amide bonds. The highest BCUT2D eigenvalue weighted by Crippen LogP contribution is 2.76. The third kappa shape index (κ3) is 6.39. The van der Waals surface area contributed by atoms with Crippen molar-refractivity contribution in [1.29, 1.82) is 0 Å². The second-order valence-electron chi connectivity index (χ2n) is 20.5. The van der Waals surface area contributed by atoms with Gasteiger partial charge in [0.15, 0.2) is 12.4 Å². The summed E-state index contributed by atoms with van der Waals surface area (Å²) in [6, 6.07) is 0. The van der Waals surface area contributed by atoms with Crippen LogP contribution in [-0.4, -0.2) is 139 Å². The van der Waals surface area contributed by atoms with Crippen molar-refractivity contribution in [2.45, 2.75) is 173 Å². The van der Waals surface area contributed by atoms with Crippen LogP contribution in [0.25, 0.3) is 0 Å². The molecule has 0 aromatic heterocycles. The highest BCUT2D eigenvalue weighted by atomic mass is 16.7. The molecule has 6 fully saturated rings. The van der Waals surface area contributed by atoms with Crippen molar-refractivity contribution in [3.63, 3.8) is 0 Å². The molecule has 0 radical (unpaired) electrons. The van der Waals surface area contributed by atoms with Crippen molar-refractivity contribution in [2.75, 3.05) is 13.2 Å². The molecular formula is C42H66O15. The Kier molecular flexibility index (Phi) is 11.2. The Balaban J connectivity index is 1.16. The number of allylic oxidation sites excluding steroid dienone is 2. The molecule has 2 aliphatic heterocycles. The van der Waals surface area contributed by atoms with E-state index in [0.29, 0.717) is 32.1 Å². The Labute approximate surface area is 334 Å². The molecule has 15 heteroatoms. The molecular weight excluding hydrogens is 744 g/mol. The molecule has 4 saturated carbocycles. The molecule has 2 heterocycles. The lowest BCUT2D eigenvalue weighted by Gasteiger charge is -2.71. The maximum atomic E-state index is 14.6. The molecule has 57 heavy (non-hydrogen) atoms. The van der Waals surface area contributed by atoms with Gasteiger partial charge in [-0.1, -0.05) is 53.2 Å². The number of ether oxygens (including phenoxy) is 4. The van der Waals surface area contributed by atoms with Gasteiger partial charge in [-0.2, -0.15) is 0 Å². The van der Waals surface area contributed by atoms with Gasteiger partial charge < -0.3 is 64.9 Å². The lowest BCUT2D eigenvalue weighted by Crippen LogP contribution is -2.66. The van der Waals surface area contributed by atoms with Gasteiger partial charge in [0, 0.05) is 5.41 Å². The van der Waals surface area contributed by atoms with Crippen molar-refractivity contribution in [3.8, 4) is 0 Å². The van der Waals surface area contributed by atoms with Crippen LogP contribution in [0.3, 0.4) is 0 Å². The number of aliphatic hydroxyl groups is 9. The molecule has 324 valence electrons. The van der Waals surface area contributed by atoms with Gasteiger partial charge in [-0.25, -0.2) is 4.79 Å². The Morgan fingerprint density at radius 2 is 1.40 bits per heavy atom. The minimum Gasteiger partial charge on any atom is -0.460 e. The van der Waals surface area contributed by atoms with E-state index >= 15 is 0 Å². The molecule has 7 rings (SSSR count). The normalized spacial score (nSPS) is 53.2. The fourth-order valence-electron chi connectivity index (χ4n) is 13.5. The van der Waals surface area contributed by atoms with Crippen LogP contribution in [0.4, 0.5) is 0 Å². The minimum absolute atomic E-state index is 0.0572. The van der Waals surface area contributed by atoms with Gasteiger partial charge in [-0.05, 0) is 104 Å². The van der Waals surface area contributed by atoms with Crippen LogP contribution in [0.15, 0.2) is 11.6 Å². The van der Waals surface area contributed by atoms with E-state index in [2.05, 4.69) is 40.7 Å². The lowest BCUT2D eigenvalue weighted by atomic mass is 9.33. The van der Waals surface area contributed by atoms with E-state index in [1.807, 2.05) is 6.92 Å². The first-order valence-corrected chi connectivity index (χ1v) is 21.0. The van der Waals surface area contributed by atoms with E-state index in [1.54, 1.807) is 0 Å². The van der Waals surface area contributed by atoms with E-state index < -0.39 is 96.9 Å². The third-order valence-electron chi connectivity index (χ3n) is 17.3. The van der Waals surface area contributed by atoms with Crippen molar-refractivity contribution < 1.29 is 74.5 Å². The first kappa shape index (κ1) is 43.3. The number of carbonyl (C=O) groups excluding carboxylic acids is 2. The van der Waals surface area contributed by atoms with Crippen molar-refractivity contribution in [3.05, 3.63) is 11.6 Å². The van der Waals surface area contributed by atoms with Crippen molar-refractivity contribution in [1.82, 2.24) is 0 Å². The standard InChI is InChI=1S/C42H66O15/c1-37(2)13-15-42(36(53)57-35-31(50)27(46)26(45)22(18-43)54-35)16-14-40(5)20(21(42)17-37)7-8-24-38(3)11-10-25(39(4,19-44)23(38)9-12-41(24,40)6)55-34(52)32-29(48)28(47)30(49)33(51)56-32/h7,21-33,35,43-51H,8-19H2,1-6H3/t21-,22-,23-,24-,25+,26-,27+,28+,29+,30-,31-,32+,33-,35+,38+,39-,40-,41-,42+/m1/s1. The van der Waals surface area contributed by atoms with Gasteiger partial charge >= 0.3 is 11.9 Å². The molecule has 2 saturated heterocycles. The predicted molar refractivity (Wildman–Crippen MR) is 199 cm³/mol. The summed E-state index contributed by atoms with van der Waals surface area (Å²) in [6.07, 6.45) is -8.30. The van der Waals surface area contributed by atoms with Crippen LogP contribution in [0, 0.1) is 50.2 Å². The summed E-state index contributed by atoms with van der Waals surface area (Å²) in [7, 11) is 0. The molecule has 0 spiro atoms. The third-order valence-corrected chi connectivity index (χ3v) is 17.3. The van der Waals surface area contributed by atoms with E-state index in [0.717, 1.165) is 32.1 Å². The molecule has 0 aromatic rings. The summed E-state index contributed by atoms with van der Waals surface area (Å²) in [6.45, 7) is 12.5. The van der Waals surface area contributed by atoms with Crippen LogP contribution in [0.5, 0.6) is 0 Å². The number of esters is 2. The zero-order valence-electron chi connectivity index (χ0n) is 34.1. The number of rotatable bonds is 6. The Hall–Kier alpha value is -1.76. The summed E-state index contributed by atoms with van der Waals surface area (Å²) in [5.74, 6) is -1.52. The maximum Gasteiger partial charge on any atom is 0.338 e. The summed E-state index contributed by atoms with van der Waals surface area (Å²) < 4.78 is 22.7. The largest absolute Gasteiger partial charge is 0.460 e. The second-order valence-corrected chi connectivity index (χ2v) is 20.5. The van der Waals surface area contributed by atoms with Gasteiger partial charge in [0.2, 0.25) is 6.29 Å². The molecule has 0 aromatic carbocycles. The van der Waals surface area contributed by atoms with Crippen molar-refractivity contribution >= 4 is 11.9 Å². The van der Waals surface area contributed by atoms with Gasteiger partial charge in [0.25, 0.3) is 0 Å². The highest BCUT2D eigenvalue weighted by molar-refractivity contribution is 5.79. The molecule has 0 bridgehead atoms. The quantitative estimate of drug-likeness (QED) is 0.133. The van der Waals surface area contributed by atoms with Crippen LogP contribution >= 0.6 is 0 Å². The zero-order valence-corrected chi connectivity index (χ0v) is 34.1. The van der Waals surface area contributed by atoms with Gasteiger partial charge in [-0.15, -0.1) is 0 Å². The molecule has 5 aliphatic carbocycles. The SMILES string of the molecule is CC1(C)CC[C@]2(C(=O)O[C@@H]3O[C@H](CO)[C@@H](O)[C@H](O)[C@H]3O)CC[C@]3(C)C(=CC[C@@H]4[C@@]5(C)CC[C@H](OC(=O)[C@H]6O[C@@H](O)[C@H](O)[C@@H](O)[C@@H]6O)[C@](C)(CO)[C@@H]5CC[C@]43C)[C@H]2C1. The van der Waals surface area contributed by atoms with E-state index in [4.69, 9.17) is 18.9 Å². The molecule has 0 unspecified atom stereocenters. The fraction of sp³-hybridized carbons (Fsp3) is 0.905. The summed E-state index contributed by atoms with van der Waals surface area (Å²) >= 11 is 0. The van der Waals surface area contributed by atoms with Crippen molar-refractivity contribution in [2.24, 2.45) is 50.2 Å². The average Bonchev–Trinajstić information content (AvgIpc) is 3.16. The van der Waals surface area contributed by atoms with Crippen LogP contribution < -0.4 is 0 Å². The highest BCUT2D eigenvalue weighted by Gasteiger charge is 2.70. The number of carbonyl (C=O) groups is 2. The monoisotopic (exact) mass is 810 g/mol. The summed E-state index contributed by atoms with van der Waals surface area (Å²) in [5.41, 5.74) is -1.36. The Morgan fingerprint density at radius 1 is 0.737 bits per heavy atom. The zero-order chi connectivity index (χ0) is 41.8. The van der Waals surface area contributed by atoms with Gasteiger partial charge in [0.05, 0.1) is 18.6 Å². The van der Waals surface area contributed by atoms with Crippen LogP contribution in [-0.2, 0) is 28.5 Å². The predicted octanol–water partition coefficient (Wildman–Crippen LogP) is 0.815. The fourth-order valence-corrected chi connectivity index (χ4v) is 13.5. The first-order valence-electron chi connectivity index (χ1n) is 21.0. The topological polar surface area (TPSA) is 253 Å². The van der Waals surface area contributed by atoms with Gasteiger partial charge in [-0.3, -0.25) is 4.79 Å². The summed E-state index contributed by atoms with van der Waals surface area (Å²) in [5, 5.41) is 93.1. The number of hydrogen-bond donors (Lipinski definition) is 9. The molecule has 7 aliphatic rings. The van der Waals surface area contributed by atoms with E-state index in [1.165, 1.54) is 5.57 Å². The maximum absolute atomic E-state index is 14.6.